The van der Waals surface area contributed by atoms with E-state index in [2.05, 4.69) is 11.6 Å². The number of rotatable bonds is 8. The molecule has 0 radical (unpaired) electrons. The van der Waals surface area contributed by atoms with Gasteiger partial charge in [0.1, 0.15) is 0 Å². The Hall–Kier alpha value is -1.36. The molecular formula is C15H12ClF16NO. The summed E-state index contributed by atoms with van der Waals surface area (Å²) >= 11 is 3.44. The van der Waals surface area contributed by atoms with Gasteiger partial charge in [0.2, 0.25) is 0 Å². The quantitative estimate of drug-likeness (QED) is 0.240. The number of amides is 1. The van der Waals surface area contributed by atoms with Gasteiger partial charge in [0.25, 0.3) is 5.91 Å². The van der Waals surface area contributed by atoms with E-state index >= 15 is 0 Å². The van der Waals surface area contributed by atoms with Crippen molar-refractivity contribution in [3.8, 4) is 0 Å². The van der Waals surface area contributed by atoms with Crippen LogP contribution in [0.1, 0.15) is 26.2 Å². The summed E-state index contributed by atoms with van der Waals surface area (Å²) in [4.78, 5) is 11.5. The fourth-order valence-electron chi connectivity index (χ4n) is 2.88. The topological polar surface area (TPSA) is 20.3 Å². The zero-order chi connectivity index (χ0) is 27.6. The number of carbonyl (C=O) groups excluding carboxylic acids is 1. The second-order valence-electron chi connectivity index (χ2n) is 7.36. The molecule has 0 saturated carbocycles. The lowest BCUT2D eigenvalue weighted by Crippen LogP contribution is -2.75. The number of likely N-dealkylation sites (tertiary alicyclic amines) is 1. The summed E-state index contributed by atoms with van der Waals surface area (Å²) in [5, 5.41) is -6.84. The highest BCUT2D eigenvalue weighted by Gasteiger charge is 2.95. The number of hydrogen-bond donors (Lipinski definition) is 0. The van der Waals surface area contributed by atoms with E-state index in [9.17, 15) is 75.0 Å². The standard InChI is InChI=1S/C15H12ClF16NO/c1-6-4-2-3-5-33(6)7(34)8(17,18)9(19,20)10(21,22)11(23,24)12(25,26)13(27,28)14(29,30)15(16,31)32/h6H,2-5H2,1H3. The first-order valence-corrected chi connectivity index (χ1v) is 9.08. The average molecular weight is 562 g/mol. The van der Waals surface area contributed by atoms with Crippen LogP contribution in [0.4, 0.5) is 70.2 Å². The highest BCUT2D eigenvalue weighted by atomic mass is 35.5. The van der Waals surface area contributed by atoms with Crippen molar-refractivity contribution in [3.05, 3.63) is 0 Å². The predicted octanol–water partition coefficient (Wildman–Crippen LogP) is 6.67. The van der Waals surface area contributed by atoms with Gasteiger partial charge in [-0.2, -0.15) is 70.2 Å². The van der Waals surface area contributed by atoms with E-state index in [1.807, 2.05) is 0 Å². The Balaban J connectivity index is 3.61. The summed E-state index contributed by atoms with van der Waals surface area (Å²) in [5.41, 5.74) is 0. The summed E-state index contributed by atoms with van der Waals surface area (Å²) in [6.07, 6.45) is -0.135. The summed E-state index contributed by atoms with van der Waals surface area (Å²) in [6, 6.07) is -1.37. The van der Waals surface area contributed by atoms with E-state index in [1.54, 1.807) is 0 Å². The molecule has 2 nitrogen and oxygen atoms in total. The second-order valence-corrected chi connectivity index (χ2v) is 7.84. The van der Waals surface area contributed by atoms with Crippen molar-refractivity contribution in [1.82, 2.24) is 4.90 Å². The third-order valence-electron chi connectivity index (χ3n) is 5.05. The normalized spacial score (nSPS) is 20.5. The lowest BCUT2D eigenvalue weighted by atomic mass is 9.88. The zero-order valence-electron chi connectivity index (χ0n) is 16.2. The van der Waals surface area contributed by atoms with Crippen molar-refractivity contribution in [2.75, 3.05) is 6.54 Å². The smallest absolute Gasteiger partial charge is 0.335 e. The van der Waals surface area contributed by atoms with Crippen molar-refractivity contribution in [1.29, 1.82) is 0 Å². The third kappa shape index (κ3) is 3.94. The first kappa shape index (κ1) is 30.7. The molecule has 1 unspecified atom stereocenters. The second kappa shape index (κ2) is 8.35. The maximum atomic E-state index is 14.0. The van der Waals surface area contributed by atoms with Gasteiger partial charge >= 0.3 is 46.8 Å². The molecule has 1 aliphatic rings. The Morgan fingerprint density at radius 1 is 0.647 bits per heavy atom. The minimum atomic E-state index is -8.57. The SMILES string of the molecule is CC1CCCCN1C(=O)C(F)(F)C(F)(F)C(F)(F)C(F)(F)C(F)(F)C(F)(F)C(F)(F)C(F)(F)Cl. The molecule has 1 heterocycles. The molecule has 0 aromatic rings. The summed E-state index contributed by atoms with van der Waals surface area (Å²) in [6.45, 7) is 0.125. The van der Waals surface area contributed by atoms with Gasteiger partial charge in [0.05, 0.1) is 0 Å². The van der Waals surface area contributed by atoms with E-state index < -0.39 is 65.3 Å². The van der Waals surface area contributed by atoms with Crippen LogP contribution >= 0.6 is 11.6 Å². The van der Waals surface area contributed by atoms with Crippen molar-refractivity contribution >= 4 is 17.5 Å². The van der Waals surface area contributed by atoms with Gasteiger partial charge in [0.15, 0.2) is 0 Å². The molecule has 0 aromatic carbocycles. The number of nitrogens with zero attached hydrogens (tertiary/aromatic N) is 1. The molecule has 34 heavy (non-hydrogen) atoms. The van der Waals surface area contributed by atoms with Crippen LogP contribution in [0.2, 0.25) is 0 Å². The Labute approximate surface area is 184 Å². The van der Waals surface area contributed by atoms with E-state index in [-0.39, 0.29) is 24.2 Å². The Kier molecular flexibility index (Phi) is 7.53. The molecule has 1 saturated heterocycles. The van der Waals surface area contributed by atoms with Crippen LogP contribution in [0.3, 0.4) is 0 Å². The van der Waals surface area contributed by atoms with Crippen LogP contribution in [0, 0.1) is 0 Å². The molecule has 19 heteroatoms. The maximum Gasteiger partial charge on any atom is 0.393 e. The minimum absolute atomic E-state index is 0.170. The largest absolute Gasteiger partial charge is 0.393 e. The van der Waals surface area contributed by atoms with Gasteiger partial charge in [0, 0.05) is 12.6 Å². The monoisotopic (exact) mass is 561 g/mol. The van der Waals surface area contributed by atoms with Crippen molar-refractivity contribution in [2.24, 2.45) is 0 Å². The van der Waals surface area contributed by atoms with Crippen molar-refractivity contribution < 1.29 is 75.0 Å². The molecule has 1 aliphatic heterocycles. The zero-order valence-corrected chi connectivity index (χ0v) is 16.9. The van der Waals surface area contributed by atoms with Crippen LogP contribution in [0.5, 0.6) is 0 Å². The van der Waals surface area contributed by atoms with Crippen LogP contribution in [0.25, 0.3) is 0 Å². The van der Waals surface area contributed by atoms with Gasteiger partial charge in [-0.25, -0.2) is 0 Å². The minimum Gasteiger partial charge on any atom is -0.335 e. The van der Waals surface area contributed by atoms with E-state index in [0.717, 1.165) is 6.92 Å². The van der Waals surface area contributed by atoms with Gasteiger partial charge in [-0.1, -0.05) is 0 Å². The number of hydrogen-bond acceptors (Lipinski definition) is 1. The fourth-order valence-corrected chi connectivity index (χ4v) is 3.00. The van der Waals surface area contributed by atoms with Crippen LogP contribution < -0.4 is 0 Å². The number of alkyl halides is 17. The van der Waals surface area contributed by atoms with E-state index in [0.29, 0.717) is 0 Å². The molecular weight excluding hydrogens is 550 g/mol. The number of carbonyl (C=O) groups is 1. The first-order valence-electron chi connectivity index (χ1n) is 8.70. The van der Waals surface area contributed by atoms with Crippen LogP contribution in [-0.2, 0) is 4.79 Å². The van der Waals surface area contributed by atoms with Gasteiger partial charge in [-0.3, -0.25) is 4.79 Å². The lowest BCUT2D eigenvalue weighted by Gasteiger charge is -2.44. The maximum absolute atomic E-state index is 14.0. The van der Waals surface area contributed by atoms with Crippen LogP contribution in [-0.4, -0.2) is 70.2 Å². The Morgan fingerprint density at radius 3 is 1.35 bits per heavy atom. The molecule has 1 amide bonds. The molecule has 1 fully saturated rings. The highest BCUT2D eigenvalue weighted by Crippen LogP contribution is 2.64. The Bertz CT molecular complexity index is 777. The summed E-state index contributed by atoms with van der Waals surface area (Å²) in [7, 11) is 0. The summed E-state index contributed by atoms with van der Waals surface area (Å²) < 4.78 is 215. The molecule has 0 bridgehead atoms. The average Bonchev–Trinajstić information content (AvgIpc) is 2.65. The van der Waals surface area contributed by atoms with Crippen LogP contribution in [0.15, 0.2) is 0 Å². The van der Waals surface area contributed by atoms with Gasteiger partial charge < -0.3 is 4.90 Å². The number of piperidine rings is 1. The highest BCUT2D eigenvalue weighted by molar-refractivity contribution is 6.22. The third-order valence-corrected chi connectivity index (χ3v) is 5.29. The molecule has 0 aromatic heterocycles. The molecule has 1 atom stereocenters. The van der Waals surface area contributed by atoms with Gasteiger partial charge in [-0.15, -0.1) is 0 Å². The fraction of sp³-hybridized carbons (Fsp3) is 0.933. The predicted molar refractivity (Wildman–Crippen MR) is 80.5 cm³/mol. The molecule has 202 valence electrons. The molecule has 0 spiro atoms. The van der Waals surface area contributed by atoms with Crippen molar-refractivity contribution in [3.63, 3.8) is 0 Å². The number of halogens is 17. The van der Waals surface area contributed by atoms with Gasteiger partial charge in [-0.05, 0) is 37.8 Å². The lowest BCUT2D eigenvalue weighted by molar-refractivity contribution is -0.446. The van der Waals surface area contributed by atoms with E-state index in [1.165, 1.54) is 0 Å². The van der Waals surface area contributed by atoms with Crippen molar-refractivity contribution in [2.45, 2.75) is 79.1 Å². The van der Waals surface area contributed by atoms with E-state index in [4.69, 9.17) is 0 Å². The Morgan fingerprint density at radius 2 is 1.00 bits per heavy atom. The molecule has 0 N–H and O–H groups in total. The first-order chi connectivity index (χ1) is 14.7. The molecule has 0 aliphatic carbocycles. The molecule has 1 rings (SSSR count). The summed E-state index contributed by atoms with van der Waals surface area (Å²) in [5.74, 6) is -59.8.